The van der Waals surface area contributed by atoms with Crippen molar-refractivity contribution in [2.75, 3.05) is 6.54 Å². The number of alkyl halides is 3. The molecule has 1 aliphatic rings. The van der Waals surface area contributed by atoms with Crippen molar-refractivity contribution in [1.29, 1.82) is 0 Å². The molecule has 148 valence electrons. The van der Waals surface area contributed by atoms with Crippen LogP contribution < -0.4 is 16.0 Å². The van der Waals surface area contributed by atoms with Gasteiger partial charge in [0, 0.05) is 11.6 Å². The van der Waals surface area contributed by atoms with Crippen LogP contribution in [0.5, 0.6) is 0 Å². The Hall–Kier alpha value is -2.81. The van der Waals surface area contributed by atoms with Gasteiger partial charge in [-0.25, -0.2) is 9.18 Å². The summed E-state index contributed by atoms with van der Waals surface area (Å²) in [4.78, 5) is 23.7. The standard InChI is InChI=1S/C18H14ClF4N3O2/c19-11-4-1-9(2-5-11)15(26-16(27)14-8-24-17(28)25-14)10-3-6-13(20)12(7-10)18(21,22)23/h1-7,14-15H,8H2,(H,26,27)(H2,24,25,28)/t14?,15-/m0/s1. The van der Waals surface area contributed by atoms with Gasteiger partial charge in [-0.3, -0.25) is 4.79 Å². The second kappa shape index (κ2) is 7.67. The molecule has 0 bridgehead atoms. The van der Waals surface area contributed by atoms with Crippen LogP contribution in [0.25, 0.3) is 0 Å². The average molecular weight is 416 g/mol. The molecule has 1 fully saturated rings. The van der Waals surface area contributed by atoms with E-state index in [2.05, 4.69) is 16.0 Å². The Morgan fingerprint density at radius 3 is 2.36 bits per heavy atom. The highest BCUT2D eigenvalue weighted by molar-refractivity contribution is 6.30. The summed E-state index contributed by atoms with van der Waals surface area (Å²) in [5.41, 5.74) is -0.967. The second-order valence-electron chi connectivity index (χ2n) is 6.14. The van der Waals surface area contributed by atoms with Gasteiger partial charge in [-0.2, -0.15) is 13.2 Å². The number of hydrogen-bond acceptors (Lipinski definition) is 2. The van der Waals surface area contributed by atoms with Gasteiger partial charge in [-0.1, -0.05) is 29.8 Å². The third kappa shape index (κ3) is 4.36. The summed E-state index contributed by atoms with van der Waals surface area (Å²) in [5, 5.41) is 7.82. The van der Waals surface area contributed by atoms with Crippen LogP contribution in [0, 0.1) is 5.82 Å². The van der Waals surface area contributed by atoms with E-state index in [0.29, 0.717) is 22.7 Å². The molecule has 2 atom stereocenters. The number of nitrogens with one attached hydrogen (secondary N) is 3. The van der Waals surface area contributed by atoms with E-state index in [0.717, 1.165) is 6.07 Å². The molecule has 28 heavy (non-hydrogen) atoms. The lowest BCUT2D eigenvalue weighted by molar-refractivity contribution is -0.140. The predicted molar refractivity (Wildman–Crippen MR) is 93.2 cm³/mol. The molecular weight excluding hydrogens is 402 g/mol. The van der Waals surface area contributed by atoms with Gasteiger partial charge in [0.25, 0.3) is 0 Å². The molecule has 2 aromatic carbocycles. The first-order valence-electron chi connectivity index (χ1n) is 8.12. The summed E-state index contributed by atoms with van der Waals surface area (Å²) < 4.78 is 52.9. The number of amides is 3. The number of rotatable bonds is 4. The molecule has 10 heteroatoms. The summed E-state index contributed by atoms with van der Waals surface area (Å²) in [6.45, 7) is 0.0369. The maximum absolute atomic E-state index is 13.7. The largest absolute Gasteiger partial charge is 0.419 e. The van der Waals surface area contributed by atoms with E-state index in [-0.39, 0.29) is 12.1 Å². The first kappa shape index (κ1) is 19.9. The van der Waals surface area contributed by atoms with Crippen molar-refractivity contribution in [3.05, 3.63) is 70.0 Å². The Morgan fingerprint density at radius 2 is 1.79 bits per heavy atom. The third-order valence-electron chi connectivity index (χ3n) is 4.21. The quantitative estimate of drug-likeness (QED) is 0.670. The molecule has 3 N–H and O–H groups in total. The van der Waals surface area contributed by atoms with Crippen molar-refractivity contribution in [3.63, 3.8) is 0 Å². The van der Waals surface area contributed by atoms with Gasteiger partial charge in [0.15, 0.2) is 0 Å². The van der Waals surface area contributed by atoms with E-state index in [1.165, 1.54) is 24.3 Å². The third-order valence-corrected chi connectivity index (χ3v) is 4.46. The fourth-order valence-corrected chi connectivity index (χ4v) is 2.94. The summed E-state index contributed by atoms with van der Waals surface area (Å²) in [5.74, 6) is -2.01. The number of halogens is 5. The van der Waals surface area contributed by atoms with Crippen molar-refractivity contribution >= 4 is 23.5 Å². The van der Waals surface area contributed by atoms with Gasteiger partial charge in [-0.15, -0.1) is 0 Å². The highest BCUT2D eigenvalue weighted by Crippen LogP contribution is 2.34. The fraction of sp³-hybridized carbons (Fsp3) is 0.222. The summed E-state index contributed by atoms with van der Waals surface area (Å²) in [6.07, 6.45) is -4.89. The summed E-state index contributed by atoms with van der Waals surface area (Å²) in [6, 6.07) is 6.21. The Kier molecular flexibility index (Phi) is 5.46. The molecule has 3 rings (SSSR count). The molecule has 3 amide bonds. The molecule has 0 spiro atoms. The monoisotopic (exact) mass is 415 g/mol. The normalized spacial score (nSPS) is 17.6. The van der Waals surface area contributed by atoms with Gasteiger partial charge in [0.2, 0.25) is 5.91 Å². The lowest BCUT2D eigenvalue weighted by Crippen LogP contribution is -2.44. The summed E-state index contributed by atoms with van der Waals surface area (Å²) in [7, 11) is 0. The van der Waals surface area contributed by atoms with Crippen molar-refractivity contribution in [2.45, 2.75) is 18.3 Å². The number of carbonyl (C=O) groups is 2. The minimum atomic E-state index is -4.89. The van der Waals surface area contributed by atoms with Crippen LogP contribution in [0.15, 0.2) is 42.5 Å². The number of urea groups is 1. The lowest BCUT2D eigenvalue weighted by atomic mass is 9.96. The molecule has 0 saturated carbocycles. The highest BCUT2D eigenvalue weighted by Gasteiger charge is 2.35. The summed E-state index contributed by atoms with van der Waals surface area (Å²) >= 11 is 5.85. The molecular formula is C18H14ClF4N3O2. The highest BCUT2D eigenvalue weighted by atomic mass is 35.5. The van der Waals surface area contributed by atoms with E-state index in [1.54, 1.807) is 0 Å². The molecule has 0 aliphatic carbocycles. The van der Waals surface area contributed by atoms with Crippen molar-refractivity contribution < 1.29 is 27.2 Å². The average Bonchev–Trinajstić information content (AvgIpc) is 3.07. The molecule has 5 nitrogen and oxygen atoms in total. The molecule has 1 heterocycles. The van der Waals surface area contributed by atoms with E-state index in [1.807, 2.05) is 0 Å². The second-order valence-corrected chi connectivity index (χ2v) is 6.57. The first-order chi connectivity index (χ1) is 13.1. The lowest BCUT2D eigenvalue weighted by Gasteiger charge is -2.23. The zero-order valence-electron chi connectivity index (χ0n) is 14.1. The zero-order chi connectivity index (χ0) is 20.5. The van der Waals surface area contributed by atoms with Gasteiger partial charge in [0.05, 0.1) is 11.6 Å². The maximum Gasteiger partial charge on any atom is 0.419 e. The van der Waals surface area contributed by atoms with Crippen LogP contribution in [0.3, 0.4) is 0 Å². The van der Waals surface area contributed by atoms with Crippen LogP contribution in [0.1, 0.15) is 22.7 Å². The van der Waals surface area contributed by atoms with Gasteiger partial charge in [0.1, 0.15) is 11.9 Å². The number of hydrogen-bond donors (Lipinski definition) is 3. The van der Waals surface area contributed by atoms with E-state index in [4.69, 9.17) is 11.6 Å². The zero-order valence-corrected chi connectivity index (χ0v) is 14.9. The van der Waals surface area contributed by atoms with Crippen molar-refractivity contribution in [3.8, 4) is 0 Å². The molecule has 0 aromatic heterocycles. The van der Waals surface area contributed by atoms with Gasteiger partial charge >= 0.3 is 12.2 Å². The Balaban J connectivity index is 1.98. The van der Waals surface area contributed by atoms with Crippen LogP contribution in [0.2, 0.25) is 5.02 Å². The predicted octanol–water partition coefficient (Wildman–Crippen LogP) is 3.38. The van der Waals surface area contributed by atoms with Crippen LogP contribution >= 0.6 is 11.6 Å². The van der Waals surface area contributed by atoms with Crippen molar-refractivity contribution in [2.24, 2.45) is 0 Å². The minimum Gasteiger partial charge on any atom is -0.343 e. The molecule has 1 saturated heterocycles. The van der Waals surface area contributed by atoms with E-state index in [9.17, 15) is 27.2 Å². The fourth-order valence-electron chi connectivity index (χ4n) is 2.81. The number of benzene rings is 2. The van der Waals surface area contributed by atoms with Crippen LogP contribution in [0.4, 0.5) is 22.4 Å². The maximum atomic E-state index is 13.7. The molecule has 0 radical (unpaired) electrons. The van der Waals surface area contributed by atoms with Crippen LogP contribution in [-0.4, -0.2) is 24.5 Å². The minimum absolute atomic E-state index is 0.0293. The molecule has 1 unspecified atom stereocenters. The molecule has 2 aromatic rings. The molecule has 1 aliphatic heterocycles. The van der Waals surface area contributed by atoms with E-state index >= 15 is 0 Å². The number of carbonyl (C=O) groups excluding carboxylic acids is 2. The Labute approximate surface area is 162 Å². The Morgan fingerprint density at radius 1 is 1.14 bits per heavy atom. The van der Waals surface area contributed by atoms with E-state index < -0.39 is 41.6 Å². The Bertz CT molecular complexity index is 903. The first-order valence-corrected chi connectivity index (χ1v) is 8.50. The SMILES string of the molecule is O=C1NCC(C(=O)N[C@@H](c2ccc(Cl)cc2)c2ccc(F)c(C(F)(F)F)c2)N1. The van der Waals surface area contributed by atoms with Crippen LogP contribution in [-0.2, 0) is 11.0 Å². The van der Waals surface area contributed by atoms with Crippen molar-refractivity contribution in [1.82, 2.24) is 16.0 Å². The van der Waals surface area contributed by atoms with Gasteiger partial charge < -0.3 is 16.0 Å². The topological polar surface area (TPSA) is 70.2 Å². The smallest absolute Gasteiger partial charge is 0.343 e. The van der Waals surface area contributed by atoms with Gasteiger partial charge in [-0.05, 0) is 35.4 Å².